The van der Waals surface area contributed by atoms with E-state index in [-0.39, 0.29) is 6.04 Å². The van der Waals surface area contributed by atoms with Crippen LogP contribution in [0.25, 0.3) is 22.4 Å². The quantitative estimate of drug-likeness (QED) is 0.656. The van der Waals surface area contributed by atoms with Crippen LogP contribution in [-0.2, 0) is 4.74 Å². The van der Waals surface area contributed by atoms with Gasteiger partial charge in [-0.3, -0.25) is 0 Å². The normalized spacial score (nSPS) is 12.7. The zero-order valence-electron chi connectivity index (χ0n) is 16.7. The van der Waals surface area contributed by atoms with Crippen molar-refractivity contribution in [2.45, 2.75) is 39.7 Å². The third-order valence-corrected chi connectivity index (χ3v) is 4.93. The Hall–Kier alpha value is -2.18. The summed E-state index contributed by atoms with van der Waals surface area (Å²) >= 11 is 6.56. The number of aryl methyl sites for hydroxylation is 1. The number of fused-ring (bicyclic) bond motifs is 1. The van der Waals surface area contributed by atoms with Crippen LogP contribution in [-0.4, -0.2) is 40.3 Å². The van der Waals surface area contributed by atoms with Gasteiger partial charge in [0.25, 0.3) is 0 Å². The van der Waals surface area contributed by atoms with Gasteiger partial charge in [0, 0.05) is 31.6 Å². The van der Waals surface area contributed by atoms with E-state index >= 15 is 0 Å². The summed E-state index contributed by atoms with van der Waals surface area (Å²) in [6.45, 7) is 8.94. The molecule has 0 aliphatic heterocycles. The molecule has 0 aliphatic rings. The molecule has 0 fully saturated rings. The van der Waals surface area contributed by atoms with Gasteiger partial charge in [0.1, 0.15) is 17.0 Å². The molecular weight excluding hydrogens is 362 g/mol. The zero-order chi connectivity index (χ0) is 19.7. The van der Waals surface area contributed by atoms with Gasteiger partial charge >= 0.3 is 0 Å². The van der Waals surface area contributed by atoms with Gasteiger partial charge in [-0.1, -0.05) is 25.4 Å². The van der Waals surface area contributed by atoms with Crippen LogP contribution in [0.4, 0.5) is 5.82 Å². The largest absolute Gasteiger partial charge is 0.383 e. The highest BCUT2D eigenvalue weighted by Crippen LogP contribution is 2.34. The lowest BCUT2D eigenvalue weighted by molar-refractivity contribution is 0.163. The van der Waals surface area contributed by atoms with Crippen LogP contribution in [0.5, 0.6) is 0 Å². The third kappa shape index (κ3) is 3.64. The van der Waals surface area contributed by atoms with Gasteiger partial charge in [-0.05, 0) is 37.5 Å². The molecule has 27 heavy (non-hydrogen) atoms. The minimum Gasteiger partial charge on any atom is -0.383 e. The maximum atomic E-state index is 6.56. The van der Waals surface area contributed by atoms with Crippen LogP contribution in [0.1, 0.15) is 44.0 Å². The molecule has 0 radical (unpaired) electrons. The number of hydrogen-bond donors (Lipinski definition) is 1. The minimum absolute atomic E-state index is 0.141. The van der Waals surface area contributed by atoms with Crippen molar-refractivity contribution in [1.29, 1.82) is 0 Å². The first-order valence-electron chi connectivity index (χ1n) is 9.10. The Morgan fingerprint density at radius 3 is 2.56 bits per heavy atom. The lowest BCUT2D eigenvalue weighted by Gasteiger charge is -2.15. The monoisotopic (exact) mass is 387 g/mol. The molecule has 0 aliphatic carbocycles. The van der Waals surface area contributed by atoms with Gasteiger partial charge < -0.3 is 14.6 Å². The van der Waals surface area contributed by atoms with Crippen molar-refractivity contribution < 1.29 is 4.74 Å². The molecule has 0 unspecified atom stereocenters. The first-order chi connectivity index (χ1) is 12.9. The summed E-state index contributed by atoms with van der Waals surface area (Å²) in [5.41, 5.74) is 5.16. The van der Waals surface area contributed by atoms with Crippen molar-refractivity contribution >= 4 is 28.6 Å². The summed E-state index contributed by atoms with van der Waals surface area (Å²) in [5.74, 6) is 1.09. The first-order valence-corrected chi connectivity index (χ1v) is 9.47. The lowest BCUT2D eigenvalue weighted by Crippen LogP contribution is -2.10. The van der Waals surface area contributed by atoms with Gasteiger partial charge in [-0.2, -0.15) is 0 Å². The Morgan fingerprint density at radius 1 is 1.19 bits per heavy atom. The molecule has 0 amide bonds. The van der Waals surface area contributed by atoms with Crippen molar-refractivity contribution in [3.8, 4) is 11.3 Å². The molecular formula is C20H26ClN5O. The molecule has 3 aromatic heterocycles. The number of ether oxygens (including phenoxy) is 1. The highest BCUT2D eigenvalue weighted by Gasteiger charge is 2.19. The Bertz CT molecular complexity index is 967. The van der Waals surface area contributed by atoms with Gasteiger partial charge in [-0.25, -0.2) is 15.0 Å². The molecule has 144 valence electrons. The molecule has 3 aromatic rings. The molecule has 0 aromatic carbocycles. The molecule has 1 atom stereocenters. The second kappa shape index (κ2) is 7.82. The summed E-state index contributed by atoms with van der Waals surface area (Å²) in [7, 11) is 3.54. The Labute approximate surface area is 164 Å². The molecule has 0 bridgehead atoms. The van der Waals surface area contributed by atoms with Crippen molar-refractivity contribution in [1.82, 2.24) is 19.5 Å². The molecule has 0 spiro atoms. The van der Waals surface area contributed by atoms with Crippen molar-refractivity contribution in [3.05, 3.63) is 34.7 Å². The molecule has 3 heterocycles. The van der Waals surface area contributed by atoms with E-state index in [9.17, 15) is 0 Å². The van der Waals surface area contributed by atoms with Crippen molar-refractivity contribution in [2.75, 3.05) is 26.1 Å². The second-order valence-electron chi connectivity index (χ2n) is 7.10. The maximum absolute atomic E-state index is 6.56. The molecule has 6 nitrogen and oxygen atoms in total. The van der Waals surface area contributed by atoms with Gasteiger partial charge in [0.15, 0.2) is 10.8 Å². The summed E-state index contributed by atoms with van der Waals surface area (Å²) in [4.78, 5) is 14.2. The van der Waals surface area contributed by atoms with Crippen LogP contribution < -0.4 is 5.32 Å². The average Bonchev–Trinajstić information content (AvgIpc) is 2.96. The summed E-state index contributed by atoms with van der Waals surface area (Å²) in [6.07, 6.45) is 2.05. The van der Waals surface area contributed by atoms with E-state index in [0.717, 1.165) is 33.8 Å². The number of halogens is 1. The highest BCUT2D eigenvalue weighted by atomic mass is 35.5. The van der Waals surface area contributed by atoms with Crippen LogP contribution >= 0.6 is 11.6 Å². The fourth-order valence-electron chi connectivity index (χ4n) is 3.19. The van der Waals surface area contributed by atoms with E-state index in [4.69, 9.17) is 26.3 Å². The number of aromatic nitrogens is 4. The van der Waals surface area contributed by atoms with E-state index in [1.165, 1.54) is 0 Å². The number of methoxy groups -OCH3 is 1. The van der Waals surface area contributed by atoms with Crippen LogP contribution in [0.15, 0.2) is 18.3 Å². The smallest absolute Gasteiger partial charge is 0.161 e. The molecule has 0 saturated carbocycles. The van der Waals surface area contributed by atoms with E-state index in [1.54, 1.807) is 7.11 Å². The Morgan fingerprint density at radius 2 is 1.93 bits per heavy atom. The topological polar surface area (TPSA) is 64.9 Å². The van der Waals surface area contributed by atoms with Crippen molar-refractivity contribution in [3.63, 3.8) is 0 Å². The summed E-state index contributed by atoms with van der Waals surface area (Å²) in [6, 6.07) is 4.17. The Kier molecular flexibility index (Phi) is 5.67. The predicted octanol–water partition coefficient (Wildman–Crippen LogP) is 4.83. The summed E-state index contributed by atoms with van der Waals surface area (Å²) < 4.78 is 7.35. The van der Waals surface area contributed by atoms with E-state index < -0.39 is 0 Å². The average molecular weight is 388 g/mol. The second-order valence-corrected chi connectivity index (χ2v) is 7.45. The predicted molar refractivity (Wildman–Crippen MR) is 111 cm³/mol. The van der Waals surface area contributed by atoms with Crippen molar-refractivity contribution in [2.24, 2.45) is 0 Å². The maximum Gasteiger partial charge on any atom is 0.161 e. The van der Waals surface area contributed by atoms with E-state index in [2.05, 4.69) is 35.6 Å². The molecule has 7 heteroatoms. The van der Waals surface area contributed by atoms with Crippen LogP contribution in [0.3, 0.4) is 0 Å². The SMILES string of the molecule is CNc1nc(C(C)C)ccc1-c1nc2c(C)cn([C@@H](C)COC)c2nc1Cl. The van der Waals surface area contributed by atoms with Crippen LogP contribution in [0, 0.1) is 6.92 Å². The van der Waals surface area contributed by atoms with Gasteiger partial charge in [0.05, 0.1) is 12.6 Å². The number of rotatable bonds is 6. The van der Waals surface area contributed by atoms with E-state index in [0.29, 0.717) is 23.4 Å². The number of pyridine rings is 1. The molecule has 3 rings (SSSR count). The zero-order valence-corrected chi connectivity index (χ0v) is 17.4. The molecule has 1 N–H and O–H groups in total. The lowest BCUT2D eigenvalue weighted by atomic mass is 10.1. The van der Waals surface area contributed by atoms with Crippen LogP contribution in [0.2, 0.25) is 5.15 Å². The van der Waals surface area contributed by atoms with Gasteiger partial charge in [0.2, 0.25) is 0 Å². The fourth-order valence-corrected chi connectivity index (χ4v) is 3.41. The number of anilines is 1. The minimum atomic E-state index is 0.141. The third-order valence-electron chi connectivity index (χ3n) is 4.67. The Balaban J connectivity index is 2.17. The summed E-state index contributed by atoms with van der Waals surface area (Å²) in [5, 5.41) is 3.52. The fraction of sp³-hybridized carbons (Fsp3) is 0.450. The van der Waals surface area contributed by atoms with E-state index in [1.807, 2.05) is 32.3 Å². The molecule has 0 saturated heterocycles. The first kappa shape index (κ1) is 19.6. The number of nitrogens with zero attached hydrogens (tertiary/aromatic N) is 4. The standard InChI is InChI=1S/C20H26ClN5O/c1-11(2)15-8-7-14(19(22-5)23-15)17-18(21)25-20-16(24-17)12(3)9-26(20)13(4)10-27-6/h7-9,11,13H,10H2,1-6H3,(H,22,23)/t13-/m0/s1. The number of hydrogen-bond acceptors (Lipinski definition) is 5. The number of nitrogens with one attached hydrogen (secondary N) is 1. The highest BCUT2D eigenvalue weighted by molar-refractivity contribution is 6.32. The van der Waals surface area contributed by atoms with Gasteiger partial charge in [-0.15, -0.1) is 0 Å².